The van der Waals surface area contributed by atoms with E-state index in [1.54, 1.807) is 54.6 Å². The molecule has 0 radical (unpaired) electrons. The van der Waals surface area contributed by atoms with Gasteiger partial charge in [-0.1, -0.05) is 135 Å². The van der Waals surface area contributed by atoms with Crippen LogP contribution in [-0.4, -0.2) is 25.2 Å². The predicted octanol–water partition coefficient (Wildman–Crippen LogP) is 13.5. The monoisotopic (exact) mass is 732 g/mol. The van der Waals surface area contributed by atoms with Crippen LogP contribution in [0.2, 0.25) is 0 Å². The predicted molar refractivity (Wildman–Crippen MR) is 221 cm³/mol. The first-order valence-electron chi connectivity index (χ1n) is 20.3. The Labute approximate surface area is 323 Å². The second-order valence-electron chi connectivity index (χ2n) is 14.0. The molecule has 0 aliphatic heterocycles. The number of carbonyl (C=O) groups is 2. The first-order chi connectivity index (χ1) is 26.5. The number of ether oxygens (including phenoxy) is 4. The van der Waals surface area contributed by atoms with Crippen molar-refractivity contribution in [1.29, 1.82) is 0 Å². The largest absolute Gasteiger partial charge is 0.494 e. The SMILES string of the molecule is C=Cc1cc(C(=O)Oc2ccc(OCCCCCCCCCC)cc2)ccc1-c1ccc(C(=O)Oc2ccc(OCCCCCCCCCC)cc2)cc1. The molecule has 0 aliphatic carbocycles. The maximum atomic E-state index is 13.0. The molecule has 6 heteroatoms. The lowest BCUT2D eigenvalue weighted by Crippen LogP contribution is -2.09. The average molecular weight is 733 g/mol. The summed E-state index contributed by atoms with van der Waals surface area (Å²) in [6.45, 7) is 9.81. The van der Waals surface area contributed by atoms with E-state index in [1.165, 1.54) is 89.9 Å². The number of hydrogen-bond donors (Lipinski definition) is 0. The third kappa shape index (κ3) is 14.9. The van der Waals surface area contributed by atoms with Crippen LogP contribution in [0.25, 0.3) is 17.2 Å². The van der Waals surface area contributed by atoms with Gasteiger partial charge in [0.1, 0.15) is 23.0 Å². The molecule has 0 fully saturated rings. The summed E-state index contributed by atoms with van der Waals surface area (Å²) >= 11 is 0. The van der Waals surface area contributed by atoms with Crippen molar-refractivity contribution in [2.45, 2.75) is 117 Å². The zero-order chi connectivity index (χ0) is 38.2. The van der Waals surface area contributed by atoms with Gasteiger partial charge >= 0.3 is 11.9 Å². The first kappa shape index (κ1) is 41.9. The Morgan fingerprint density at radius 3 is 1.31 bits per heavy atom. The van der Waals surface area contributed by atoms with Gasteiger partial charge in [-0.25, -0.2) is 9.59 Å². The molecule has 0 aliphatic rings. The Morgan fingerprint density at radius 2 is 0.870 bits per heavy atom. The van der Waals surface area contributed by atoms with Crippen molar-refractivity contribution in [3.05, 3.63) is 114 Å². The zero-order valence-electron chi connectivity index (χ0n) is 32.6. The van der Waals surface area contributed by atoms with Crippen molar-refractivity contribution in [1.82, 2.24) is 0 Å². The van der Waals surface area contributed by atoms with Crippen molar-refractivity contribution in [2.24, 2.45) is 0 Å². The highest BCUT2D eigenvalue weighted by molar-refractivity contribution is 5.94. The van der Waals surface area contributed by atoms with Crippen LogP contribution in [0.5, 0.6) is 23.0 Å². The van der Waals surface area contributed by atoms with E-state index >= 15 is 0 Å². The molecule has 288 valence electrons. The fraction of sp³-hybridized carbons (Fsp3) is 0.417. The Bertz CT molecular complexity index is 1670. The van der Waals surface area contributed by atoms with Crippen LogP contribution in [0.1, 0.15) is 143 Å². The summed E-state index contributed by atoms with van der Waals surface area (Å²) in [6, 6.07) is 26.9. The van der Waals surface area contributed by atoms with Gasteiger partial charge in [-0.2, -0.15) is 0 Å². The van der Waals surface area contributed by atoms with Gasteiger partial charge in [0.25, 0.3) is 0 Å². The highest BCUT2D eigenvalue weighted by Crippen LogP contribution is 2.28. The van der Waals surface area contributed by atoms with Crippen LogP contribution in [0.15, 0.2) is 97.6 Å². The van der Waals surface area contributed by atoms with Gasteiger partial charge in [-0.05, 0) is 102 Å². The highest BCUT2D eigenvalue weighted by atomic mass is 16.5. The normalized spacial score (nSPS) is 10.9. The molecule has 4 aromatic carbocycles. The quantitative estimate of drug-likeness (QED) is 0.0364. The summed E-state index contributed by atoms with van der Waals surface area (Å²) in [4.78, 5) is 25.9. The molecule has 0 amide bonds. The van der Waals surface area contributed by atoms with Crippen molar-refractivity contribution < 1.29 is 28.5 Å². The molecule has 4 rings (SSSR count). The lowest BCUT2D eigenvalue weighted by Gasteiger charge is -2.11. The van der Waals surface area contributed by atoms with E-state index in [1.807, 2.05) is 42.5 Å². The minimum atomic E-state index is -0.460. The van der Waals surface area contributed by atoms with Crippen LogP contribution < -0.4 is 18.9 Å². The van der Waals surface area contributed by atoms with Crippen molar-refractivity contribution in [3.63, 3.8) is 0 Å². The average Bonchev–Trinajstić information content (AvgIpc) is 3.20. The number of esters is 2. The zero-order valence-corrected chi connectivity index (χ0v) is 32.6. The van der Waals surface area contributed by atoms with Gasteiger partial charge < -0.3 is 18.9 Å². The maximum absolute atomic E-state index is 13.0. The number of benzene rings is 4. The van der Waals surface area contributed by atoms with E-state index in [0.717, 1.165) is 41.0 Å². The Morgan fingerprint density at radius 1 is 0.481 bits per heavy atom. The van der Waals surface area contributed by atoms with Gasteiger partial charge in [0.15, 0.2) is 0 Å². The van der Waals surface area contributed by atoms with E-state index in [-0.39, 0.29) is 0 Å². The minimum Gasteiger partial charge on any atom is -0.494 e. The molecular formula is C48H60O6. The van der Waals surface area contributed by atoms with E-state index in [9.17, 15) is 9.59 Å². The standard InChI is InChI=1S/C48H60O6/c1-4-7-9-11-13-15-17-19-35-51-42-26-30-44(31-27-42)53-47(49)40-23-21-39(22-24-40)46-34-25-41(37-38(46)6-3)48(50)54-45-32-28-43(29-33-45)52-36-20-18-16-14-12-10-8-5-2/h6,21-34,37H,3-5,7-20,35-36H2,1-2H3. The molecule has 4 aromatic rings. The fourth-order valence-corrected chi connectivity index (χ4v) is 6.30. The summed E-state index contributed by atoms with van der Waals surface area (Å²) in [6.07, 6.45) is 21.8. The number of hydrogen-bond acceptors (Lipinski definition) is 6. The Kier molecular flexibility index (Phi) is 19.0. The molecular weight excluding hydrogens is 673 g/mol. The highest BCUT2D eigenvalue weighted by Gasteiger charge is 2.14. The molecule has 0 saturated heterocycles. The van der Waals surface area contributed by atoms with Crippen molar-refractivity contribution in [3.8, 4) is 34.1 Å². The van der Waals surface area contributed by atoms with E-state index in [0.29, 0.717) is 35.8 Å². The van der Waals surface area contributed by atoms with Crippen molar-refractivity contribution in [2.75, 3.05) is 13.2 Å². The molecule has 0 bridgehead atoms. The van der Waals surface area contributed by atoms with E-state index in [2.05, 4.69) is 20.4 Å². The van der Waals surface area contributed by atoms with Crippen molar-refractivity contribution >= 4 is 18.0 Å². The van der Waals surface area contributed by atoms with Crippen LogP contribution >= 0.6 is 0 Å². The summed E-state index contributed by atoms with van der Waals surface area (Å²) in [7, 11) is 0. The number of rotatable bonds is 26. The summed E-state index contributed by atoms with van der Waals surface area (Å²) in [5, 5.41) is 0. The van der Waals surface area contributed by atoms with E-state index in [4.69, 9.17) is 18.9 Å². The van der Waals surface area contributed by atoms with Crippen LogP contribution in [0.3, 0.4) is 0 Å². The second-order valence-corrected chi connectivity index (χ2v) is 14.0. The number of unbranched alkanes of at least 4 members (excludes halogenated alkanes) is 14. The van der Waals surface area contributed by atoms with Crippen LogP contribution in [0.4, 0.5) is 0 Å². The van der Waals surface area contributed by atoms with Gasteiger partial charge in [-0.15, -0.1) is 0 Å². The fourth-order valence-electron chi connectivity index (χ4n) is 6.30. The Hall–Kier alpha value is -4.84. The molecule has 0 spiro atoms. The number of carbonyl (C=O) groups excluding carboxylic acids is 2. The Balaban J connectivity index is 1.20. The molecule has 0 saturated carbocycles. The van der Waals surface area contributed by atoms with Gasteiger partial charge in [0, 0.05) is 0 Å². The maximum Gasteiger partial charge on any atom is 0.343 e. The minimum absolute atomic E-state index is 0.411. The second kappa shape index (κ2) is 24.5. The van der Waals surface area contributed by atoms with Crippen LogP contribution in [0, 0.1) is 0 Å². The summed E-state index contributed by atoms with van der Waals surface area (Å²) < 4.78 is 23.0. The lowest BCUT2D eigenvalue weighted by atomic mass is 9.96. The molecule has 0 atom stereocenters. The molecule has 0 N–H and O–H groups in total. The van der Waals surface area contributed by atoms with Crippen LogP contribution in [-0.2, 0) is 0 Å². The molecule has 54 heavy (non-hydrogen) atoms. The summed E-state index contributed by atoms with van der Waals surface area (Å²) in [5.41, 5.74) is 3.37. The van der Waals surface area contributed by atoms with E-state index < -0.39 is 11.9 Å². The van der Waals surface area contributed by atoms with Gasteiger partial charge in [0.2, 0.25) is 0 Å². The lowest BCUT2D eigenvalue weighted by molar-refractivity contribution is 0.0725. The molecule has 0 unspecified atom stereocenters. The smallest absolute Gasteiger partial charge is 0.343 e. The molecule has 0 aromatic heterocycles. The van der Waals surface area contributed by atoms with Gasteiger partial charge in [-0.3, -0.25) is 0 Å². The molecule has 6 nitrogen and oxygen atoms in total. The third-order valence-electron chi connectivity index (χ3n) is 9.54. The topological polar surface area (TPSA) is 71.1 Å². The first-order valence-corrected chi connectivity index (χ1v) is 20.3. The molecule has 0 heterocycles. The third-order valence-corrected chi connectivity index (χ3v) is 9.54. The summed E-state index contributed by atoms with van der Waals surface area (Å²) in [5.74, 6) is 1.53. The van der Waals surface area contributed by atoms with Gasteiger partial charge in [0.05, 0.1) is 24.3 Å².